The number of hydrogen-bond donors (Lipinski definition) is 1. The van der Waals surface area contributed by atoms with Crippen molar-refractivity contribution in [3.63, 3.8) is 0 Å². The van der Waals surface area contributed by atoms with Gasteiger partial charge in [0.1, 0.15) is 0 Å². The standard InChI is InChI=1S/C21H31NO3.C2H6/c1-20-11-9-15-13(14(20)5-4-6-16(20)19(24)25-3)7-8-17-21(15,2)12-10-18(23)22-17;1-2/h10,12-17H,4-9,11H2,1-3H3,(H,22,23);1-2H3. The molecular formula is C23H37NO3. The molecule has 27 heavy (non-hydrogen) atoms. The highest BCUT2D eigenvalue weighted by Gasteiger charge is 2.59. The van der Waals surface area contributed by atoms with E-state index in [2.05, 4.69) is 25.2 Å². The molecular weight excluding hydrogens is 338 g/mol. The van der Waals surface area contributed by atoms with Crippen LogP contribution in [0.3, 0.4) is 0 Å². The molecule has 1 aliphatic heterocycles. The smallest absolute Gasteiger partial charge is 0.309 e. The van der Waals surface area contributed by atoms with Crippen LogP contribution >= 0.6 is 0 Å². The molecule has 0 radical (unpaired) electrons. The Bertz CT molecular complexity index is 615. The molecule has 0 aromatic carbocycles. The molecule has 0 aromatic rings. The normalized spacial score (nSPS) is 45.2. The second kappa shape index (κ2) is 7.60. The lowest BCUT2D eigenvalue weighted by atomic mass is 9.44. The van der Waals surface area contributed by atoms with E-state index in [4.69, 9.17) is 4.74 Å². The maximum absolute atomic E-state index is 12.4. The van der Waals surface area contributed by atoms with Crippen LogP contribution in [0.25, 0.3) is 0 Å². The molecule has 4 nitrogen and oxygen atoms in total. The zero-order valence-corrected chi connectivity index (χ0v) is 17.7. The Labute approximate surface area is 164 Å². The number of carbonyl (C=O) groups is 2. The van der Waals surface area contributed by atoms with Gasteiger partial charge < -0.3 is 10.1 Å². The van der Waals surface area contributed by atoms with Crippen LogP contribution < -0.4 is 5.32 Å². The van der Waals surface area contributed by atoms with E-state index in [1.54, 1.807) is 6.08 Å². The summed E-state index contributed by atoms with van der Waals surface area (Å²) >= 11 is 0. The van der Waals surface area contributed by atoms with E-state index in [1.807, 2.05) is 13.8 Å². The Hall–Kier alpha value is -1.32. The summed E-state index contributed by atoms with van der Waals surface area (Å²) in [4.78, 5) is 24.2. The predicted octanol–water partition coefficient (Wildman–Crippen LogP) is 4.49. The van der Waals surface area contributed by atoms with Crippen molar-refractivity contribution in [2.45, 2.75) is 78.7 Å². The van der Waals surface area contributed by atoms with Gasteiger partial charge in [-0.15, -0.1) is 0 Å². The Balaban J connectivity index is 0.00000102. The summed E-state index contributed by atoms with van der Waals surface area (Å²) in [6, 6.07) is 0.274. The number of ether oxygens (including phenoxy) is 1. The van der Waals surface area contributed by atoms with E-state index in [1.165, 1.54) is 20.0 Å². The first-order valence-corrected chi connectivity index (χ1v) is 11.0. The van der Waals surface area contributed by atoms with Crippen LogP contribution in [0.1, 0.15) is 72.6 Å². The third-order valence-electron chi connectivity index (χ3n) is 8.41. The average Bonchev–Trinajstić information content (AvgIpc) is 2.68. The number of methoxy groups -OCH3 is 1. The SMILES string of the molecule is CC.COC(=O)C1CCCC2C3CCC4NC(=O)C=CC4(C)C3CCC12C. The Morgan fingerprint density at radius 3 is 2.56 bits per heavy atom. The van der Waals surface area contributed by atoms with Crippen molar-refractivity contribution >= 4 is 11.9 Å². The lowest BCUT2D eigenvalue weighted by molar-refractivity contribution is -0.165. The zero-order valence-electron chi connectivity index (χ0n) is 17.7. The summed E-state index contributed by atoms with van der Waals surface area (Å²) in [6.07, 6.45) is 11.8. The van der Waals surface area contributed by atoms with Gasteiger partial charge in [-0.2, -0.15) is 0 Å². The van der Waals surface area contributed by atoms with Crippen LogP contribution in [0.2, 0.25) is 0 Å². The van der Waals surface area contributed by atoms with Crippen molar-refractivity contribution in [1.82, 2.24) is 5.32 Å². The number of amides is 1. The van der Waals surface area contributed by atoms with Gasteiger partial charge in [-0.3, -0.25) is 9.59 Å². The van der Waals surface area contributed by atoms with Gasteiger partial charge in [0.25, 0.3) is 0 Å². The number of nitrogens with one attached hydrogen (secondary N) is 1. The molecule has 0 aromatic heterocycles. The molecule has 1 N–H and O–H groups in total. The van der Waals surface area contributed by atoms with E-state index < -0.39 is 0 Å². The Morgan fingerprint density at radius 1 is 1.11 bits per heavy atom. The van der Waals surface area contributed by atoms with Crippen LogP contribution in [0.15, 0.2) is 12.2 Å². The van der Waals surface area contributed by atoms with E-state index in [9.17, 15) is 9.59 Å². The lowest BCUT2D eigenvalue weighted by Crippen LogP contribution is -2.61. The van der Waals surface area contributed by atoms with Gasteiger partial charge in [0.2, 0.25) is 5.91 Å². The van der Waals surface area contributed by atoms with Crippen molar-refractivity contribution in [1.29, 1.82) is 0 Å². The van der Waals surface area contributed by atoms with Gasteiger partial charge in [-0.05, 0) is 67.8 Å². The van der Waals surface area contributed by atoms with Crippen molar-refractivity contribution in [3.8, 4) is 0 Å². The second-order valence-electron chi connectivity index (χ2n) is 9.27. The maximum Gasteiger partial charge on any atom is 0.309 e. The minimum atomic E-state index is -0.00428. The quantitative estimate of drug-likeness (QED) is 0.687. The Morgan fingerprint density at radius 2 is 1.85 bits per heavy atom. The zero-order chi connectivity index (χ0) is 19.8. The summed E-state index contributed by atoms with van der Waals surface area (Å²) in [5.41, 5.74) is 0.147. The van der Waals surface area contributed by atoms with Crippen molar-refractivity contribution < 1.29 is 14.3 Å². The third-order valence-corrected chi connectivity index (χ3v) is 8.41. The predicted molar refractivity (Wildman–Crippen MR) is 107 cm³/mol. The molecule has 1 amide bonds. The maximum atomic E-state index is 12.4. The highest BCUT2D eigenvalue weighted by Crippen LogP contribution is 2.63. The third kappa shape index (κ3) is 3.13. The highest BCUT2D eigenvalue weighted by molar-refractivity contribution is 5.89. The molecule has 0 saturated heterocycles. The molecule has 1 heterocycles. The fourth-order valence-electron chi connectivity index (χ4n) is 7.06. The molecule has 0 spiro atoms. The summed E-state index contributed by atoms with van der Waals surface area (Å²) in [5.74, 6) is 1.99. The second-order valence-corrected chi connectivity index (χ2v) is 9.27. The van der Waals surface area contributed by atoms with Gasteiger partial charge in [0.15, 0.2) is 0 Å². The molecule has 7 atom stereocenters. The van der Waals surface area contributed by atoms with Crippen LogP contribution in [0, 0.1) is 34.5 Å². The number of hydrogen-bond acceptors (Lipinski definition) is 3. The minimum absolute atomic E-state index is 0.00428. The van der Waals surface area contributed by atoms with Crippen LogP contribution in [-0.2, 0) is 14.3 Å². The van der Waals surface area contributed by atoms with Gasteiger partial charge in [0, 0.05) is 11.5 Å². The molecule has 152 valence electrons. The molecule has 3 aliphatic carbocycles. The van der Waals surface area contributed by atoms with Crippen molar-refractivity contribution in [2.24, 2.45) is 34.5 Å². The lowest BCUT2D eigenvalue weighted by Gasteiger charge is -2.61. The monoisotopic (exact) mass is 375 g/mol. The van der Waals surface area contributed by atoms with Crippen LogP contribution in [0.4, 0.5) is 0 Å². The molecule has 4 aliphatic rings. The van der Waals surface area contributed by atoms with Gasteiger partial charge in [-0.1, -0.05) is 40.2 Å². The minimum Gasteiger partial charge on any atom is -0.469 e. The first kappa shape index (κ1) is 20.4. The van der Waals surface area contributed by atoms with E-state index in [0.29, 0.717) is 17.8 Å². The summed E-state index contributed by atoms with van der Waals surface area (Å²) in [6.45, 7) is 8.69. The molecule has 0 bridgehead atoms. The molecule has 4 rings (SSSR count). The first-order valence-electron chi connectivity index (χ1n) is 11.0. The Kier molecular flexibility index (Phi) is 5.74. The van der Waals surface area contributed by atoms with E-state index in [0.717, 1.165) is 32.1 Å². The summed E-state index contributed by atoms with van der Waals surface area (Å²) < 4.78 is 5.16. The van der Waals surface area contributed by atoms with Gasteiger partial charge >= 0.3 is 5.97 Å². The first-order chi connectivity index (χ1) is 12.9. The summed E-state index contributed by atoms with van der Waals surface area (Å²) in [5, 5.41) is 3.21. The molecule has 7 unspecified atom stereocenters. The van der Waals surface area contributed by atoms with Crippen LogP contribution in [-0.4, -0.2) is 25.0 Å². The van der Waals surface area contributed by atoms with E-state index in [-0.39, 0.29) is 34.7 Å². The fraction of sp³-hybridized carbons (Fsp3) is 0.826. The molecule has 4 heteroatoms. The molecule has 3 fully saturated rings. The average molecular weight is 376 g/mol. The van der Waals surface area contributed by atoms with Crippen molar-refractivity contribution in [2.75, 3.05) is 7.11 Å². The van der Waals surface area contributed by atoms with Crippen LogP contribution in [0.5, 0.6) is 0 Å². The highest BCUT2D eigenvalue weighted by atomic mass is 16.5. The fourth-order valence-corrected chi connectivity index (χ4v) is 7.06. The largest absolute Gasteiger partial charge is 0.469 e. The number of fused-ring (bicyclic) bond motifs is 5. The topological polar surface area (TPSA) is 55.4 Å². The molecule has 3 saturated carbocycles. The van der Waals surface area contributed by atoms with Crippen molar-refractivity contribution in [3.05, 3.63) is 12.2 Å². The van der Waals surface area contributed by atoms with Gasteiger partial charge in [-0.25, -0.2) is 0 Å². The number of carbonyl (C=O) groups excluding carboxylic acids is 2. The summed E-state index contributed by atoms with van der Waals surface area (Å²) in [7, 11) is 1.53. The number of rotatable bonds is 1. The van der Waals surface area contributed by atoms with Gasteiger partial charge in [0.05, 0.1) is 13.0 Å². The van der Waals surface area contributed by atoms with E-state index >= 15 is 0 Å². The number of esters is 1.